The van der Waals surface area contributed by atoms with Gasteiger partial charge in [-0.2, -0.15) is 0 Å². The fraction of sp³-hybridized carbons (Fsp3) is 0.714. The number of sulfonamides is 1. The SMILES string of the molecule is CNCc1sc(S(=O)(=O)NCC(C)(C)CN(C)C)cc1C. The molecule has 0 aliphatic rings. The van der Waals surface area contributed by atoms with Crippen molar-refractivity contribution in [1.29, 1.82) is 0 Å². The molecule has 1 heterocycles. The van der Waals surface area contributed by atoms with Crippen LogP contribution in [0.3, 0.4) is 0 Å². The molecule has 1 aromatic heterocycles. The summed E-state index contributed by atoms with van der Waals surface area (Å²) in [5, 5.41) is 3.06. The van der Waals surface area contributed by atoms with Gasteiger partial charge in [0.25, 0.3) is 0 Å². The minimum atomic E-state index is -3.43. The number of nitrogens with one attached hydrogen (secondary N) is 2. The number of thiophene rings is 1. The molecule has 0 amide bonds. The molecule has 0 bridgehead atoms. The largest absolute Gasteiger partial charge is 0.315 e. The highest BCUT2D eigenvalue weighted by Gasteiger charge is 2.24. The monoisotopic (exact) mass is 333 g/mol. The molecule has 0 radical (unpaired) electrons. The molecule has 0 aliphatic carbocycles. The van der Waals surface area contributed by atoms with Gasteiger partial charge in [-0.15, -0.1) is 11.3 Å². The Morgan fingerprint density at radius 2 is 1.95 bits per heavy atom. The summed E-state index contributed by atoms with van der Waals surface area (Å²) >= 11 is 1.33. The van der Waals surface area contributed by atoms with Crippen LogP contribution >= 0.6 is 11.3 Å². The van der Waals surface area contributed by atoms with E-state index in [4.69, 9.17) is 0 Å². The zero-order valence-corrected chi connectivity index (χ0v) is 15.4. The molecule has 122 valence electrons. The van der Waals surface area contributed by atoms with Crippen LogP contribution in [0.4, 0.5) is 0 Å². The number of rotatable bonds is 8. The highest BCUT2D eigenvalue weighted by molar-refractivity contribution is 7.91. The summed E-state index contributed by atoms with van der Waals surface area (Å²) in [7, 11) is 2.41. The first kappa shape index (κ1) is 18.6. The maximum absolute atomic E-state index is 12.4. The van der Waals surface area contributed by atoms with Crippen LogP contribution in [0.2, 0.25) is 0 Å². The summed E-state index contributed by atoms with van der Waals surface area (Å²) in [5.74, 6) is 0. The van der Waals surface area contributed by atoms with Gasteiger partial charge in [0.1, 0.15) is 4.21 Å². The molecule has 0 aliphatic heterocycles. The average Bonchev–Trinajstić information content (AvgIpc) is 2.69. The lowest BCUT2D eigenvalue weighted by atomic mass is 9.93. The van der Waals surface area contributed by atoms with Crippen molar-refractivity contribution in [2.75, 3.05) is 34.2 Å². The second-order valence-electron chi connectivity index (χ2n) is 6.43. The number of hydrogen-bond acceptors (Lipinski definition) is 5. The van der Waals surface area contributed by atoms with E-state index >= 15 is 0 Å². The zero-order valence-electron chi connectivity index (χ0n) is 13.8. The van der Waals surface area contributed by atoms with Crippen LogP contribution in [0.5, 0.6) is 0 Å². The van der Waals surface area contributed by atoms with E-state index in [1.165, 1.54) is 11.3 Å². The molecule has 21 heavy (non-hydrogen) atoms. The molecular formula is C14H27N3O2S2. The van der Waals surface area contributed by atoms with E-state index in [0.29, 0.717) is 17.3 Å². The van der Waals surface area contributed by atoms with Crippen molar-refractivity contribution in [3.05, 3.63) is 16.5 Å². The third-order valence-electron chi connectivity index (χ3n) is 3.09. The van der Waals surface area contributed by atoms with Gasteiger partial charge in [-0.1, -0.05) is 13.8 Å². The van der Waals surface area contributed by atoms with Gasteiger partial charge in [-0.25, -0.2) is 13.1 Å². The molecule has 0 unspecified atom stereocenters. The second kappa shape index (κ2) is 7.19. The van der Waals surface area contributed by atoms with E-state index < -0.39 is 10.0 Å². The number of hydrogen-bond donors (Lipinski definition) is 2. The summed E-state index contributed by atoms with van der Waals surface area (Å²) in [6.45, 7) is 8.00. The Morgan fingerprint density at radius 1 is 1.33 bits per heavy atom. The van der Waals surface area contributed by atoms with E-state index in [1.54, 1.807) is 6.07 Å². The fourth-order valence-electron chi connectivity index (χ4n) is 2.23. The minimum Gasteiger partial charge on any atom is -0.315 e. The second-order valence-corrected chi connectivity index (χ2v) is 9.56. The van der Waals surface area contributed by atoms with Gasteiger partial charge in [0.05, 0.1) is 0 Å². The van der Waals surface area contributed by atoms with E-state index in [-0.39, 0.29) is 5.41 Å². The van der Waals surface area contributed by atoms with Crippen molar-refractivity contribution in [3.63, 3.8) is 0 Å². The van der Waals surface area contributed by atoms with E-state index in [9.17, 15) is 8.42 Å². The standard InChI is InChI=1S/C14H27N3O2S2/c1-11-7-13(20-12(11)8-15-4)21(18,19)16-9-14(2,3)10-17(5)6/h7,15-16H,8-10H2,1-6H3. The van der Waals surface area contributed by atoms with Gasteiger partial charge < -0.3 is 10.2 Å². The minimum absolute atomic E-state index is 0.114. The molecule has 0 saturated heterocycles. The lowest BCUT2D eigenvalue weighted by molar-refractivity contribution is 0.242. The van der Waals surface area contributed by atoms with Crippen molar-refractivity contribution in [1.82, 2.24) is 14.9 Å². The Kier molecular flexibility index (Phi) is 6.36. The van der Waals surface area contributed by atoms with Crippen molar-refractivity contribution in [2.24, 2.45) is 5.41 Å². The number of aryl methyl sites for hydroxylation is 1. The quantitative estimate of drug-likeness (QED) is 0.759. The molecule has 7 heteroatoms. The Bertz CT molecular complexity index is 563. The summed E-state index contributed by atoms with van der Waals surface area (Å²) in [5.41, 5.74) is 0.902. The Morgan fingerprint density at radius 3 is 2.48 bits per heavy atom. The predicted octanol–water partition coefficient (Wildman–Crippen LogP) is 1.64. The molecule has 0 fully saturated rings. The van der Waals surface area contributed by atoms with Crippen molar-refractivity contribution >= 4 is 21.4 Å². The first-order chi connectivity index (χ1) is 9.57. The molecule has 2 N–H and O–H groups in total. The lowest BCUT2D eigenvalue weighted by Crippen LogP contribution is -2.39. The van der Waals surface area contributed by atoms with Crippen LogP contribution in [0.25, 0.3) is 0 Å². The fourth-order valence-corrected chi connectivity index (χ4v) is 5.12. The Labute approximate surface area is 132 Å². The molecule has 1 rings (SSSR count). The topological polar surface area (TPSA) is 61.4 Å². The van der Waals surface area contributed by atoms with Gasteiger partial charge >= 0.3 is 0 Å². The highest BCUT2D eigenvalue weighted by Crippen LogP contribution is 2.26. The predicted molar refractivity (Wildman–Crippen MR) is 89.3 cm³/mol. The van der Waals surface area contributed by atoms with Crippen molar-refractivity contribution in [3.8, 4) is 0 Å². The number of nitrogens with zero attached hydrogens (tertiary/aromatic N) is 1. The third kappa shape index (κ3) is 5.67. The van der Waals surface area contributed by atoms with Gasteiger partial charge in [-0.3, -0.25) is 0 Å². The maximum atomic E-state index is 12.4. The smallest absolute Gasteiger partial charge is 0.250 e. The van der Waals surface area contributed by atoms with Crippen LogP contribution < -0.4 is 10.0 Å². The zero-order chi connectivity index (χ0) is 16.3. The summed E-state index contributed by atoms with van der Waals surface area (Å²) in [6.07, 6.45) is 0. The molecular weight excluding hydrogens is 306 g/mol. The first-order valence-electron chi connectivity index (χ1n) is 6.96. The Hall–Kier alpha value is -0.470. The van der Waals surface area contributed by atoms with Gasteiger partial charge in [0, 0.05) is 24.5 Å². The summed E-state index contributed by atoms with van der Waals surface area (Å²) in [4.78, 5) is 3.12. The van der Waals surface area contributed by atoms with Crippen molar-refractivity contribution < 1.29 is 8.42 Å². The third-order valence-corrected chi connectivity index (χ3v) is 6.20. The maximum Gasteiger partial charge on any atom is 0.250 e. The van der Waals surface area contributed by atoms with Crippen LogP contribution in [0, 0.1) is 12.3 Å². The van der Waals surface area contributed by atoms with Crippen LogP contribution in [0.1, 0.15) is 24.3 Å². The van der Waals surface area contributed by atoms with Gasteiger partial charge in [0.2, 0.25) is 10.0 Å². The Balaban J connectivity index is 2.80. The highest BCUT2D eigenvalue weighted by atomic mass is 32.2. The lowest BCUT2D eigenvalue weighted by Gasteiger charge is -2.28. The van der Waals surface area contributed by atoms with E-state index in [2.05, 4.69) is 28.8 Å². The molecule has 0 aromatic carbocycles. The van der Waals surface area contributed by atoms with E-state index in [0.717, 1.165) is 17.0 Å². The molecule has 1 aromatic rings. The summed E-state index contributed by atoms with van der Waals surface area (Å²) in [6, 6.07) is 1.75. The molecule has 0 saturated carbocycles. The first-order valence-corrected chi connectivity index (χ1v) is 9.26. The van der Waals surface area contributed by atoms with Crippen LogP contribution in [-0.2, 0) is 16.6 Å². The van der Waals surface area contributed by atoms with Crippen LogP contribution in [-0.4, -0.2) is 47.6 Å². The van der Waals surface area contributed by atoms with Gasteiger partial charge in [-0.05, 0) is 45.1 Å². The van der Waals surface area contributed by atoms with Gasteiger partial charge in [0.15, 0.2) is 0 Å². The van der Waals surface area contributed by atoms with Crippen molar-refractivity contribution in [2.45, 2.75) is 31.5 Å². The molecule has 5 nitrogen and oxygen atoms in total. The normalized spacial score (nSPS) is 13.1. The van der Waals surface area contributed by atoms with E-state index in [1.807, 2.05) is 28.1 Å². The summed E-state index contributed by atoms with van der Waals surface area (Å²) < 4.78 is 27.9. The molecule has 0 atom stereocenters. The van der Waals surface area contributed by atoms with Crippen LogP contribution in [0.15, 0.2) is 10.3 Å². The molecule has 0 spiro atoms. The average molecular weight is 334 g/mol.